The van der Waals surface area contributed by atoms with Crippen LogP contribution in [0.1, 0.15) is 11.1 Å². The molecule has 0 heterocycles. The van der Waals surface area contributed by atoms with Crippen molar-refractivity contribution in [3.63, 3.8) is 0 Å². The topological polar surface area (TPSA) is 38.3 Å². The summed E-state index contributed by atoms with van der Waals surface area (Å²) in [7, 11) is 3.27. The number of benzene rings is 1. The molecular weight excluding hydrogens is 190 g/mol. The minimum absolute atomic E-state index is 0.339. The monoisotopic (exact) mass is 205 g/mol. The van der Waals surface area contributed by atoms with Crippen LogP contribution in [0, 0.1) is 0 Å². The maximum atomic E-state index is 10.8. The van der Waals surface area contributed by atoms with Gasteiger partial charge >= 0.3 is 5.97 Å². The van der Waals surface area contributed by atoms with Crippen molar-refractivity contribution in [2.24, 2.45) is 0 Å². The fourth-order valence-electron chi connectivity index (χ4n) is 1.18. The van der Waals surface area contributed by atoms with Crippen molar-refractivity contribution in [1.29, 1.82) is 0 Å². The van der Waals surface area contributed by atoms with Crippen molar-refractivity contribution in [3.05, 3.63) is 41.5 Å². The number of hydrogen-bond donors (Lipinski definition) is 1. The molecule has 0 atom stereocenters. The summed E-state index contributed by atoms with van der Waals surface area (Å²) in [5.41, 5.74) is 2.20. The van der Waals surface area contributed by atoms with Gasteiger partial charge in [-0.3, -0.25) is 0 Å². The lowest BCUT2D eigenvalue weighted by molar-refractivity contribution is -0.134. The van der Waals surface area contributed by atoms with Crippen LogP contribution in [-0.2, 0) is 16.1 Å². The van der Waals surface area contributed by atoms with Gasteiger partial charge < -0.3 is 10.1 Å². The number of ether oxygens (including phenoxy) is 1. The lowest BCUT2D eigenvalue weighted by Gasteiger charge is -1.99. The molecular formula is C12H15NO2. The van der Waals surface area contributed by atoms with Crippen LogP contribution in [0.2, 0.25) is 0 Å². The van der Waals surface area contributed by atoms with Crippen molar-refractivity contribution < 1.29 is 9.53 Å². The van der Waals surface area contributed by atoms with Gasteiger partial charge in [-0.15, -0.1) is 0 Å². The zero-order valence-corrected chi connectivity index (χ0v) is 8.99. The lowest BCUT2D eigenvalue weighted by atomic mass is 10.1. The summed E-state index contributed by atoms with van der Waals surface area (Å²) in [6.45, 7) is 0.848. The molecule has 3 nitrogen and oxygen atoms in total. The van der Waals surface area contributed by atoms with Crippen LogP contribution in [0.3, 0.4) is 0 Å². The number of hydrogen-bond acceptors (Lipinski definition) is 3. The first-order valence-corrected chi connectivity index (χ1v) is 4.76. The average molecular weight is 205 g/mol. The molecule has 15 heavy (non-hydrogen) atoms. The number of methoxy groups -OCH3 is 1. The second-order valence-electron chi connectivity index (χ2n) is 3.13. The molecule has 0 aromatic heterocycles. The summed E-state index contributed by atoms with van der Waals surface area (Å²) in [5.74, 6) is -0.339. The molecule has 0 amide bonds. The lowest BCUT2D eigenvalue weighted by Crippen LogP contribution is -2.04. The zero-order valence-electron chi connectivity index (χ0n) is 8.99. The van der Waals surface area contributed by atoms with Crippen molar-refractivity contribution >= 4 is 12.0 Å². The highest BCUT2D eigenvalue weighted by Crippen LogP contribution is 2.06. The number of nitrogens with one attached hydrogen (secondary N) is 1. The van der Waals surface area contributed by atoms with Gasteiger partial charge in [-0.05, 0) is 24.3 Å². The fraction of sp³-hybridized carbons (Fsp3) is 0.250. The Morgan fingerprint density at radius 2 is 2.07 bits per heavy atom. The molecule has 1 N–H and O–H groups in total. The minimum Gasteiger partial charge on any atom is -0.466 e. The Morgan fingerprint density at radius 1 is 1.40 bits per heavy atom. The molecule has 0 saturated carbocycles. The summed E-state index contributed by atoms with van der Waals surface area (Å²) in [6.07, 6.45) is 3.14. The predicted molar refractivity (Wildman–Crippen MR) is 60.3 cm³/mol. The number of esters is 1. The van der Waals surface area contributed by atoms with E-state index in [0.717, 1.165) is 12.1 Å². The van der Waals surface area contributed by atoms with Gasteiger partial charge in [0.25, 0.3) is 0 Å². The molecule has 0 aliphatic rings. The minimum atomic E-state index is -0.339. The third kappa shape index (κ3) is 3.95. The molecule has 3 heteroatoms. The second-order valence-corrected chi connectivity index (χ2v) is 3.13. The van der Waals surface area contributed by atoms with E-state index in [0.29, 0.717) is 0 Å². The quantitative estimate of drug-likeness (QED) is 0.599. The first-order valence-electron chi connectivity index (χ1n) is 4.76. The van der Waals surface area contributed by atoms with E-state index in [1.54, 1.807) is 6.08 Å². The Kier molecular flexibility index (Phi) is 4.57. The molecule has 0 fully saturated rings. The Morgan fingerprint density at radius 3 is 2.60 bits per heavy atom. The first-order chi connectivity index (χ1) is 7.26. The largest absolute Gasteiger partial charge is 0.466 e. The summed E-state index contributed by atoms with van der Waals surface area (Å²) in [4.78, 5) is 10.8. The summed E-state index contributed by atoms with van der Waals surface area (Å²) in [6, 6.07) is 7.97. The van der Waals surface area contributed by atoms with Crippen molar-refractivity contribution in [2.75, 3.05) is 14.2 Å². The molecule has 0 bridgehead atoms. The predicted octanol–water partition coefficient (Wildman–Crippen LogP) is 1.59. The van der Waals surface area contributed by atoms with Crippen molar-refractivity contribution in [3.8, 4) is 0 Å². The van der Waals surface area contributed by atoms with E-state index in [4.69, 9.17) is 0 Å². The highest BCUT2D eigenvalue weighted by Gasteiger charge is 1.93. The highest BCUT2D eigenvalue weighted by molar-refractivity contribution is 5.86. The van der Waals surface area contributed by atoms with Gasteiger partial charge in [-0.2, -0.15) is 0 Å². The van der Waals surface area contributed by atoms with E-state index in [1.807, 2.05) is 31.3 Å². The van der Waals surface area contributed by atoms with E-state index in [2.05, 4.69) is 10.1 Å². The summed E-state index contributed by atoms with van der Waals surface area (Å²) < 4.78 is 4.50. The van der Waals surface area contributed by atoms with Crippen LogP contribution >= 0.6 is 0 Å². The number of carbonyl (C=O) groups is 1. The molecule has 1 aromatic rings. The molecule has 1 aromatic carbocycles. The van der Waals surface area contributed by atoms with Gasteiger partial charge in [0, 0.05) is 12.6 Å². The highest BCUT2D eigenvalue weighted by atomic mass is 16.5. The van der Waals surface area contributed by atoms with Gasteiger partial charge in [0.1, 0.15) is 0 Å². The molecule has 80 valence electrons. The second kappa shape index (κ2) is 5.98. The zero-order chi connectivity index (χ0) is 11.1. The van der Waals surface area contributed by atoms with Crippen molar-refractivity contribution in [1.82, 2.24) is 5.32 Å². The summed E-state index contributed by atoms with van der Waals surface area (Å²) in [5, 5.41) is 3.07. The maximum absolute atomic E-state index is 10.8. The van der Waals surface area contributed by atoms with E-state index in [1.165, 1.54) is 18.7 Å². The number of carbonyl (C=O) groups excluding carboxylic acids is 1. The van der Waals surface area contributed by atoms with Gasteiger partial charge in [0.05, 0.1) is 7.11 Å². The van der Waals surface area contributed by atoms with Crippen molar-refractivity contribution in [2.45, 2.75) is 6.54 Å². The third-order valence-electron chi connectivity index (χ3n) is 1.97. The molecule has 0 radical (unpaired) electrons. The van der Waals surface area contributed by atoms with Gasteiger partial charge in [-0.1, -0.05) is 24.3 Å². The van der Waals surface area contributed by atoms with Gasteiger partial charge in [0.15, 0.2) is 0 Å². The van der Waals surface area contributed by atoms with Crippen LogP contribution in [0.15, 0.2) is 30.3 Å². The standard InChI is InChI=1S/C12H15NO2/c1-13-9-11-5-3-10(4-6-11)7-8-12(14)15-2/h3-8,13H,9H2,1-2H3/b8-7+. The number of rotatable bonds is 4. The van der Waals surface area contributed by atoms with Crippen LogP contribution < -0.4 is 5.32 Å². The van der Waals surface area contributed by atoms with E-state index < -0.39 is 0 Å². The normalized spacial score (nSPS) is 10.5. The van der Waals surface area contributed by atoms with Crippen LogP contribution in [0.25, 0.3) is 6.08 Å². The van der Waals surface area contributed by atoms with E-state index in [-0.39, 0.29) is 5.97 Å². The average Bonchev–Trinajstić information content (AvgIpc) is 2.28. The molecule has 1 rings (SSSR count). The van der Waals surface area contributed by atoms with Crippen LogP contribution in [0.4, 0.5) is 0 Å². The molecule has 0 unspecified atom stereocenters. The molecule has 0 aliphatic carbocycles. The van der Waals surface area contributed by atoms with Gasteiger partial charge in [-0.25, -0.2) is 4.79 Å². The maximum Gasteiger partial charge on any atom is 0.330 e. The fourth-order valence-corrected chi connectivity index (χ4v) is 1.18. The Bertz CT molecular complexity index is 341. The van der Waals surface area contributed by atoms with E-state index >= 15 is 0 Å². The third-order valence-corrected chi connectivity index (χ3v) is 1.97. The molecule has 0 spiro atoms. The first kappa shape index (κ1) is 11.5. The molecule has 0 aliphatic heterocycles. The SMILES string of the molecule is CNCc1ccc(/C=C/C(=O)OC)cc1. The summed E-state index contributed by atoms with van der Waals surface area (Å²) >= 11 is 0. The van der Waals surface area contributed by atoms with Gasteiger partial charge in [0.2, 0.25) is 0 Å². The van der Waals surface area contributed by atoms with Crippen LogP contribution in [-0.4, -0.2) is 20.1 Å². The Labute approximate surface area is 89.8 Å². The Balaban J connectivity index is 2.64. The van der Waals surface area contributed by atoms with E-state index in [9.17, 15) is 4.79 Å². The van der Waals surface area contributed by atoms with Crippen LogP contribution in [0.5, 0.6) is 0 Å². The molecule has 0 saturated heterocycles. The Hall–Kier alpha value is -1.61. The smallest absolute Gasteiger partial charge is 0.330 e.